The second-order valence-electron chi connectivity index (χ2n) is 5.54. The van der Waals surface area contributed by atoms with Crippen LogP contribution in [0.5, 0.6) is 5.75 Å². The number of aliphatic hydroxyl groups excluding tert-OH is 1. The van der Waals surface area contributed by atoms with E-state index in [0.29, 0.717) is 22.0 Å². The molecule has 0 bridgehead atoms. The van der Waals surface area contributed by atoms with Crippen molar-refractivity contribution in [2.45, 2.75) is 12.6 Å². The molecule has 0 saturated heterocycles. The lowest BCUT2D eigenvalue weighted by molar-refractivity contribution is 0.101. The molecular weight excluding hydrogens is 356 g/mol. The summed E-state index contributed by atoms with van der Waals surface area (Å²) < 4.78 is 6.51. The van der Waals surface area contributed by atoms with Gasteiger partial charge in [0, 0.05) is 10.7 Å². The Morgan fingerprint density at radius 2 is 2.08 bits per heavy atom. The molecule has 0 fully saturated rings. The fourth-order valence-corrected chi connectivity index (χ4v) is 2.54. The minimum absolute atomic E-state index is 0.00639. The van der Waals surface area contributed by atoms with E-state index >= 15 is 0 Å². The Balaban J connectivity index is 1.64. The summed E-state index contributed by atoms with van der Waals surface area (Å²) in [6.07, 6.45) is 0.617. The second kappa shape index (κ2) is 7.99. The topological polar surface area (TPSA) is 89.3 Å². The van der Waals surface area contributed by atoms with Crippen molar-refractivity contribution in [2.24, 2.45) is 0 Å². The van der Waals surface area contributed by atoms with Gasteiger partial charge in [0.05, 0.1) is 19.8 Å². The number of carbonyl (C=O) groups is 1. The van der Waals surface area contributed by atoms with Crippen LogP contribution in [0, 0.1) is 0 Å². The van der Waals surface area contributed by atoms with Crippen LogP contribution in [0.3, 0.4) is 0 Å². The fourth-order valence-electron chi connectivity index (χ4n) is 2.35. The van der Waals surface area contributed by atoms with Crippen molar-refractivity contribution in [3.63, 3.8) is 0 Å². The number of carbonyl (C=O) groups excluding carboxylic acids is 1. The van der Waals surface area contributed by atoms with Crippen molar-refractivity contribution < 1.29 is 14.6 Å². The second-order valence-corrected chi connectivity index (χ2v) is 5.98. The maximum Gasteiger partial charge on any atom is 0.295 e. The number of ether oxygens (including phenoxy) is 1. The number of hydrogen-bond donors (Lipinski definition) is 2. The predicted molar refractivity (Wildman–Crippen MR) is 97.4 cm³/mol. The molecule has 1 unspecified atom stereocenters. The van der Waals surface area contributed by atoms with E-state index in [9.17, 15) is 9.90 Å². The lowest BCUT2D eigenvalue weighted by Gasteiger charge is -2.11. The molecule has 2 aromatic carbocycles. The molecule has 1 amide bonds. The van der Waals surface area contributed by atoms with Crippen LogP contribution in [0.2, 0.25) is 5.02 Å². The fraction of sp³-hybridized carbons (Fsp3) is 0.167. The van der Waals surface area contributed by atoms with Gasteiger partial charge in [-0.15, -0.1) is 5.10 Å². The summed E-state index contributed by atoms with van der Waals surface area (Å²) in [5.41, 5.74) is 1.27. The molecule has 1 heterocycles. The van der Waals surface area contributed by atoms with Crippen molar-refractivity contribution in [2.75, 3.05) is 12.4 Å². The Hall–Kier alpha value is -2.90. The SMILES string of the molecule is COc1ccc(C(O)Cn2cnc(C(=O)Nc3cccc(Cl)c3)n2)cc1. The van der Waals surface area contributed by atoms with Crippen molar-refractivity contribution >= 4 is 23.2 Å². The summed E-state index contributed by atoms with van der Waals surface area (Å²) in [5.74, 6) is 0.263. The molecular formula is C18H17ClN4O3. The molecule has 0 aliphatic carbocycles. The van der Waals surface area contributed by atoms with Crippen LogP contribution in [-0.2, 0) is 6.54 Å². The molecule has 0 radical (unpaired) electrons. The first-order valence-corrected chi connectivity index (χ1v) is 8.21. The van der Waals surface area contributed by atoms with Crippen LogP contribution in [0.15, 0.2) is 54.9 Å². The normalized spacial score (nSPS) is 11.8. The maximum absolute atomic E-state index is 12.2. The highest BCUT2D eigenvalue weighted by atomic mass is 35.5. The smallest absolute Gasteiger partial charge is 0.295 e. The monoisotopic (exact) mass is 372 g/mol. The van der Waals surface area contributed by atoms with Crippen molar-refractivity contribution in [1.82, 2.24) is 14.8 Å². The van der Waals surface area contributed by atoms with Gasteiger partial charge in [-0.3, -0.25) is 4.79 Å². The van der Waals surface area contributed by atoms with E-state index in [-0.39, 0.29) is 12.4 Å². The van der Waals surface area contributed by atoms with E-state index in [0.717, 1.165) is 0 Å². The number of aromatic nitrogens is 3. The summed E-state index contributed by atoms with van der Waals surface area (Å²) in [7, 11) is 1.58. The lowest BCUT2D eigenvalue weighted by Crippen LogP contribution is -2.15. The van der Waals surface area contributed by atoms with Crippen LogP contribution < -0.4 is 10.1 Å². The number of anilines is 1. The number of nitrogens with one attached hydrogen (secondary N) is 1. The molecule has 134 valence electrons. The van der Waals surface area contributed by atoms with Gasteiger partial charge in [0.1, 0.15) is 12.1 Å². The van der Waals surface area contributed by atoms with E-state index in [1.807, 2.05) is 0 Å². The number of aliphatic hydroxyl groups is 1. The van der Waals surface area contributed by atoms with Crippen LogP contribution >= 0.6 is 11.6 Å². The van der Waals surface area contributed by atoms with Crippen molar-refractivity contribution in [3.8, 4) is 5.75 Å². The number of hydrogen-bond acceptors (Lipinski definition) is 5. The molecule has 3 rings (SSSR count). The van der Waals surface area contributed by atoms with E-state index in [4.69, 9.17) is 16.3 Å². The third kappa shape index (κ3) is 4.38. The van der Waals surface area contributed by atoms with Gasteiger partial charge in [-0.05, 0) is 35.9 Å². The zero-order valence-corrected chi connectivity index (χ0v) is 14.7. The van der Waals surface area contributed by atoms with Crippen LogP contribution in [0.25, 0.3) is 0 Å². The Kier molecular flexibility index (Phi) is 5.50. The van der Waals surface area contributed by atoms with Gasteiger partial charge in [0.2, 0.25) is 5.82 Å². The number of halogens is 1. The summed E-state index contributed by atoms with van der Waals surface area (Å²) in [5, 5.41) is 17.6. The molecule has 3 aromatic rings. The zero-order chi connectivity index (χ0) is 18.5. The van der Waals surface area contributed by atoms with Crippen molar-refractivity contribution in [3.05, 3.63) is 71.3 Å². The Labute approximate surface area is 155 Å². The number of benzene rings is 2. The third-order valence-corrected chi connectivity index (χ3v) is 3.92. The average molecular weight is 373 g/mol. The molecule has 1 aromatic heterocycles. The van der Waals surface area contributed by atoms with Gasteiger partial charge >= 0.3 is 0 Å². The van der Waals surface area contributed by atoms with Crippen LogP contribution in [0.4, 0.5) is 5.69 Å². The minimum Gasteiger partial charge on any atom is -0.497 e. The molecule has 0 aliphatic rings. The first-order chi connectivity index (χ1) is 12.5. The van der Waals surface area contributed by atoms with Gasteiger partial charge < -0.3 is 15.2 Å². The highest BCUT2D eigenvalue weighted by Gasteiger charge is 2.14. The summed E-state index contributed by atoms with van der Waals surface area (Å²) in [4.78, 5) is 16.2. The summed E-state index contributed by atoms with van der Waals surface area (Å²) in [6, 6.07) is 13.9. The van der Waals surface area contributed by atoms with E-state index < -0.39 is 12.0 Å². The van der Waals surface area contributed by atoms with Gasteiger partial charge in [0.25, 0.3) is 5.91 Å². The van der Waals surface area contributed by atoms with E-state index in [2.05, 4.69) is 15.4 Å². The van der Waals surface area contributed by atoms with Crippen LogP contribution in [-0.4, -0.2) is 32.9 Å². The summed E-state index contributed by atoms with van der Waals surface area (Å²) in [6.45, 7) is 0.170. The number of rotatable bonds is 6. The molecule has 26 heavy (non-hydrogen) atoms. The molecule has 2 N–H and O–H groups in total. The van der Waals surface area contributed by atoms with Crippen LogP contribution in [0.1, 0.15) is 22.3 Å². The Bertz CT molecular complexity index is 895. The highest BCUT2D eigenvalue weighted by molar-refractivity contribution is 6.30. The third-order valence-electron chi connectivity index (χ3n) is 3.68. The minimum atomic E-state index is -0.786. The van der Waals surface area contributed by atoms with Gasteiger partial charge in [0.15, 0.2) is 0 Å². The average Bonchev–Trinajstić information content (AvgIpc) is 3.10. The Morgan fingerprint density at radius 1 is 1.31 bits per heavy atom. The van der Waals surface area contributed by atoms with Gasteiger partial charge in [-0.25, -0.2) is 9.67 Å². The highest BCUT2D eigenvalue weighted by Crippen LogP contribution is 2.19. The number of amides is 1. The standard InChI is InChI=1S/C18H17ClN4O3/c1-26-15-7-5-12(6-8-15)16(24)10-23-11-20-17(22-23)18(25)21-14-4-2-3-13(19)9-14/h2-9,11,16,24H,10H2,1H3,(H,21,25). The molecule has 1 atom stereocenters. The summed E-state index contributed by atoms with van der Waals surface area (Å²) >= 11 is 5.89. The predicted octanol–water partition coefficient (Wildman–Crippen LogP) is 2.93. The first kappa shape index (κ1) is 17.9. The number of nitrogens with zero attached hydrogens (tertiary/aromatic N) is 3. The molecule has 0 spiro atoms. The quantitative estimate of drug-likeness (QED) is 0.694. The molecule has 0 saturated carbocycles. The molecule has 8 heteroatoms. The number of methoxy groups -OCH3 is 1. The largest absolute Gasteiger partial charge is 0.497 e. The Morgan fingerprint density at radius 3 is 2.77 bits per heavy atom. The zero-order valence-electron chi connectivity index (χ0n) is 14.0. The first-order valence-electron chi connectivity index (χ1n) is 7.83. The maximum atomic E-state index is 12.2. The molecule has 7 nitrogen and oxygen atoms in total. The van der Waals surface area contributed by atoms with E-state index in [1.165, 1.54) is 11.0 Å². The van der Waals surface area contributed by atoms with Gasteiger partial charge in [-0.1, -0.05) is 29.8 Å². The lowest BCUT2D eigenvalue weighted by atomic mass is 10.1. The molecule has 0 aliphatic heterocycles. The van der Waals surface area contributed by atoms with Crippen molar-refractivity contribution in [1.29, 1.82) is 0 Å². The van der Waals surface area contributed by atoms with E-state index in [1.54, 1.807) is 55.6 Å². The van der Waals surface area contributed by atoms with Gasteiger partial charge in [-0.2, -0.15) is 0 Å².